The second-order valence-corrected chi connectivity index (χ2v) is 4.20. The summed E-state index contributed by atoms with van der Waals surface area (Å²) < 4.78 is 0. The highest BCUT2D eigenvalue weighted by molar-refractivity contribution is 5.94. The lowest BCUT2D eigenvalue weighted by molar-refractivity contribution is 0.0754. The molecule has 0 aliphatic rings. The Morgan fingerprint density at radius 2 is 1.72 bits per heavy atom. The second kappa shape index (κ2) is 4.95. The monoisotopic (exact) mass is 253 g/mol. The first-order chi connectivity index (χ1) is 8.25. The summed E-state index contributed by atoms with van der Waals surface area (Å²) in [6, 6.07) is 1.72. The van der Waals surface area contributed by atoms with Gasteiger partial charge in [0.1, 0.15) is 0 Å². The average molecular weight is 253 g/mol. The number of hydrogen-bond donors (Lipinski definition) is 3. The van der Waals surface area contributed by atoms with Crippen LogP contribution in [0.4, 0.5) is 0 Å². The number of carbonyl (C=O) groups excluding carboxylic acids is 1. The third-order valence-corrected chi connectivity index (χ3v) is 2.62. The van der Waals surface area contributed by atoms with E-state index in [1.165, 1.54) is 4.90 Å². The number of nitrogens with zero attached hydrogens (tertiary/aromatic N) is 1. The van der Waals surface area contributed by atoms with Crippen molar-refractivity contribution < 1.29 is 20.1 Å². The maximum atomic E-state index is 12.0. The summed E-state index contributed by atoms with van der Waals surface area (Å²) in [4.78, 5) is 24.7. The molecule has 0 aliphatic carbocycles. The highest BCUT2D eigenvalue weighted by Crippen LogP contribution is 2.30. The number of rotatable bonds is 2. The molecule has 0 saturated carbocycles. The zero-order valence-electron chi connectivity index (χ0n) is 10.3. The normalized spacial score (nSPS) is 10.4. The Morgan fingerprint density at radius 1 is 1.17 bits per heavy atom. The van der Waals surface area contributed by atoms with Crippen LogP contribution < -0.4 is 5.43 Å². The Morgan fingerprint density at radius 3 is 2.22 bits per heavy atom. The van der Waals surface area contributed by atoms with Crippen LogP contribution in [0.25, 0.3) is 0 Å². The van der Waals surface area contributed by atoms with Crippen molar-refractivity contribution in [2.75, 3.05) is 7.05 Å². The lowest BCUT2D eigenvalue weighted by Crippen LogP contribution is -2.33. The molecule has 0 spiro atoms. The molecule has 0 heterocycles. The van der Waals surface area contributed by atoms with Gasteiger partial charge in [0, 0.05) is 24.7 Å². The van der Waals surface area contributed by atoms with E-state index in [1.807, 2.05) is 0 Å². The molecule has 1 aromatic rings. The van der Waals surface area contributed by atoms with Crippen LogP contribution in [0, 0.1) is 0 Å². The second-order valence-electron chi connectivity index (χ2n) is 4.20. The van der Waals surface area contributed by atoms with E-state index in [0.717, 1.165) is 12.1 Å². The summed E-state index contributed by atoms with van der Waals surface area (Å²) in [5, 5.41) is 27.9. The van der Waals surface area contributed by atoms with Crippen LogP contribution in [0.2, 0.25) is 0 Å². The van der Waals surface area contributed by atoms with Crippen LogP contribution in [0.1, 0.15) is 24.2 Å². The number of carbonyl (C=O) groups is 1. The molecule has 0 fully saturated rings. The van der Waals surface area contributed by atoms with Gasteiger partial charge in [-0.2, -0.15) is 0 Å². The van der Waals surface area contributed by atoms with Crippen molar-refractivity contribution in [3.05, 3.63) is 27.9 Å². The summed E-state index contributed by atoms with van der Waals surface area (Å²) in [6.45, 7) is 3.57. The summed E-state index contributed by atoms with van der Waals surface area (Å²) in [5.74, 6) is -3.15. The van der Waals surface area contributed by atoms with Crippen LogP contribution in [0.15, 0.2) is 16.9 Å². The van der Waals surface area contributed by atoms with Crippen molar-refractivity contribution in [1.82, 2.24) is 4.90 Å². The van der Waals surface area contributed by atoms with Crippen LogP contribution in [0.3, 0.4) is 0 Å². The molecule has 1 aromatic carbocycles. The molecule has 0 unspecified atom stereocenters. The van der Waals surface area contributed by atoms with Gasteiger partial charge in [-0.15, -0.1) is 0 Å². The molecule has 98 valence electrons. The molecule has 0 saturated heterocycles. The van der Waals surface area contributed by atoms with Crippen LogP contribution in [-0.4, -0.2) is 39.2 Å². The highest BCUT2D eigenvalue weighted by atomic mass is 16.3. The number of aromatic hydroxyl groups is 3. The van der Waals surface area contributed by atoms with E-state index in [-0.39, 0.29) is 11.6 Å². The summed E-state index contributed by atoms with van der Waals surface area (Å²) in [6.07, 6.45) is 0. The van der Waals surface area contributed by atoms with Crippen molar-refractivity contribution in [2.45, 2.75) is 19.9 Å². The lowest BCUT2D eigenvalue weighted by Gasteiger charge is -2.20. The molecular weight excluding hydrogens is 238 g/mol. The first-order valence-corrected chi connectivity index (χ1v) is 5.32. The molecule has 0 aliphatic heterocycles. The van der Waals surface area contributed by atoms with Crippen molar-refractivity contribution >= 4 is 5.91 Å². The molecular formula is C12H15NO5. The average Bonchev–Trinajstić information content (AvgIpc) is 2.41. The topological polar surface area (TPSA) is 98.1 Å². The SMILES string of the molecule is CC(C)N(C)C(=O)c1cc(O)c(O)c(O)c(=O)c1. The van der Waals surface area contributed by atoms with E-state index in [1.54, 1.807) is 20.9 Å². The van der Waals surface area contributed by atoms with E-state index in [0.29, 0.717) is 0 Å². The van der Waals surface area contributed by atoms with Gasteiger partial charge in [-0.05, 0) is 19.9 Å². The van der Waals surface area contributed by atoms with Crippen molar-refractivity contribution in [1.29, 1.82) is 0 Å². The van der Waals surface area contributed by atoms with E-state index < -0.39 is 28.6 Å². The predicted molar refractivity (Wildman–Crippen MR) is 64.9 cm³/mol. The first kappa shape index (κ1) is 13.8. The molecule has 1 rings (SSSR count). The van der Waals surface area contributed by atoms with E-state index in [2.05, 4.69) is 0 Å². The smallest absolute Gasteiger partial charge is 0.254 e. The Bertz CT molecular complexity index is 539. The van der Waals surface area contributed by atoms with Gasteiger partial charge in [0.15, 0.2) is 5.75 Å². The zero-order chi connectivity index (χ0) is 14.0. The Kier molecular flexibility index (Phi) is 3.80. The lowest BCUT2D eigenvalue weighted by atomic mass is 10.2. The third-order valence-electron chi connectivity index (χ3n) is 2.62. The molecule has 0 radical (unpaired) electrons. The molecule has 3 N–H and O–H groups in total. The molecule has 0 bridgehead atoms. The van der Waals surface area contributed by atoms with E-state index in [4.69, 9.17) is 0 Å². The van der Waals surface area contributed by atoms with Gasteiger partial charge in [-0.3, -0.25) is 9.59 Å². The fraction of sp³-hybridized carbons (Fsp3) is 0.333. The molecule has 6 heteroatoms. The maximum Gasteiger partial charge on any atom is 0.254 e. The molecule has 6 nitrogen and oxygen atoms in total. The van der Waals surface area contributed by atoms with E-state index >= 15 is 0 Å². The molecule has 18 heavy (non-hydrogen) atoms. The number of amides is 1. The van der Waals surface area contributed by atoms with Gasteiger partial charge in [0.2, 0.25) is 16.9 Å². The van der Waals surface area contributed by atoms with Crippen molar-refractivity contribution in [3.63, 3.8) is 0 Å². The van der Waals surface area contributed by atoms with Gasteiger partial charge in [-0.1, -0.05) is 0 Å². The standard InChI is InChI=1S/C12H15NO5/c1-6(2)13(3)12(18)7-4-8(14)10(16)11(17)9(15)5-7/h4-6H,1-3H3,(H3,14,15,16,17). The minimum atomic E-state index is -0.987. The minimum absolute atomic E-state index is 0.0950. The first-order valence-electron chi connectivity index (χ1n) is 5.32. The van der Waals surface area contributed by atoms with Crippen molar-refractivity contribution in [3.8, 4) is 17.2 Å². The maximum absolute atomic E-state index is 12.0. The highest BCUT2D eigenvalue weighted by Gasteiger charge is 2.18. The Labute approximate surface area is 104 Å². The van der Waals surface area contributed by atoms with Crippen LogP contribution >= 0.6 is 0 Å². The van der Waals surface area contributed by atoms with Gasteiger partial charge in [-0.25, -0.2) is 0 Å². The fourth-order valence-corrected chi connectivity index (χ4v) is 1.27. The largest absolute Gasteiger partial charge is 0.504 e. The third kappa shape index (κ3) is 2.53. The van der Waals surface area contributed by atoms with Crippen LogP contribution in [0.5, 0.6) is 17.2 Å². The van der Waals surface area contributed by atoms with Gasteiger partial charge in [0.25, 0.3) is 5.91 Å². The molecule has 0 atom stereocenters. The number of hydrogen-bond acceptors (Lipinski definition) is 5. The fourth-order valence-electron chi connectivity index (χ4n) is 1.27. The van der Waals surface area contributed by atoms with Crippen LogP contribution in [-0.2, 0) is 0 Å². The predicted octanol–water partition coefficient (Wildman–Crippen LogP) is 0.644. The van der Waals surface area contributed by atoms with Gasteiger partial charge in [0.05, 0.1) is 0 Å². The minimum Gasteiger partial charge on any atom is -0.504 e. The summed E-state index contributed by atoms with van der Waals surface area (Å²) in [5.41, 5.74) is -1.04. The molecule has 1 amide bonds. The van der Waals surface area contributed by atoms with Gasteiger partial charge >= 0.3 is 0 Å². The van der Waals surface area contributed by atoms with Gasteiger partial charge < -0.3 is 20.2 Å². The zero-order valence-corrected chi connectivity index (χ0v) is 10.3. The Balaban J connectivity index is 3.42. The summed E-state index contributed by atoms with van der Waals surface area (Å²) >= 11 is 0. The summed E-state index contributed by atoms with van der Waals surface area (Å²) in [7, 11) is 1.54. The van der Waals surface area contributed by atoms with E-state index in [9.17, 15) is 24.9 Å². The Hall–Kier alpha value is -2.24. The quantitative estimate of drug-likeness (QED) is 0.718. The molecule has 0 aromatic heterocycles. The van der Waals surface area contributed by atoms with Crippen molar-refractivity contribution in [2.24, 2.45) is 0 Å².